The van der Waals surface area contributed by atoms with Crippen molar-refractivity contribution in [2.45, 2.75) is 25.7 Å². The second-order valence-electron chi connectivity index (χ2n) is 4.91. The van der Waals surface area contributed by atoms with E-state index in [2.05, 4.69) is 54.6 Å². The lowest BCUT2D eigenvalue weighted by molar-refractivity contribution is 0.0939. The highest BCUT2D eigenvalue weighted by Gasteiger charge is 2.13. The fraction of sp³-hybridized carbons (Fsp3) is 0.417. The van der Waals surface area contributed by atoms with Gasteiger partial charge in [0, 0.05) is 21.5 Å². The summed E-state index contributed by atoms with van der Waals surface area (Å²) < 4.78 is 0.892. The molecule has 0 aliphatic carbocycles. The summed E-state index contributed by atoms with van der Waals surface area (Å²) in [5, 5.41) is 2.90. The van der Waals surface area contributed by atoms with Crippen LogP contribution in [0, 0.1) is 5.41 Å². The van der Waals surface area contributed by atoms with E-state index in [9.17, 15) is 4.79 Å². The summed E-state index contributed by atoms with van der Waals surface area (Å²) in [5.74, 6) is -0.0577. The van der Waals surface area contributed by atoms with Gasteiger partial charge >= 0.3 is 0 Å². The fourth-order valence-electron chi connectivity index (χ4n) is 1.10. The first-order valence-corrected chi connectivity index (χ1v) is 6.30. The zero-order valence-electron chi connectivity index (χ0n) is 9.67. The molecule has 1 aromatic rings. The Kier molecular flexibility index (Phi) is 4.44. The van der Waals surface area contributed by atoms with Gasteiger partial charge in [-0.25, -0.2) is 0 Å². The van der Waals surface area contributed by atoms with E-state index in [1.54, 1.807) is 12.1 Å². The second-order valence-corrected chi connectivity index (χ2v) is 6.25. The lowest BCUT2D eigenvalue weighted by Gasteiger charge is -2.18. The third-order valence-electron chi connectivity index (χ3n) is 1.99. The van der Waals surface area contributed by atoms with E-state index in [0.29, 0.717) is 12.1 Å². The molecule has 1 amide bonds. The van der Waals surface area contributed by atoms with Crippen LogP contribution in [-0.4, -0.2) is 12.5 Å². The van der Waals surface area contributed by atoms with E-state index in [0.717, 1.165) is 9.37 Å². The topological polar surface area (TPSA) is 29.1 Å². The van der Waals surface area contributed by atoms with Gasteiger partial charge in [0.05, 0.1) is 0 Å². The number of thiol groups is 1. The summed E-state index contributed by atoms with van der Waals surface area (Å²) in [6.45, 7) is 6.90. The fourth-order valence-corrected chi connectivity index (χ4v) is 1.56. The molecule has 0 unspecified atom stereocenters. The number of halogens is 1. The van der Waals surface area contributed by atoms with Gasteiger partial charge in [-0.1, -0.05) is 20.8 Å². The summed E-state index contributed by atoms with van der Waals surface area (Å²) in [7, 11) is 0. The molecule has 0 bridgehead atoms. The lowest BCUT2D eigenvalue weighted by atomic mass is 9.97. The van der Waals surface area contributed by atoms with Crippen LogP contribution in [0.15, 0.2) is 27.6 Å². The molecule has 0 saturated heterocycles. The molecule has 0 atom stereocenters. The first kappa shape index (κ1) is 13.6. The van der Waals surface area contributed by atoms with Gasteiger partial charge in [0.15, 0.2) is 0 Å². The van der Waals surface area contributed by atoms with E-state index in [-0.39, 0.29) is 11.3 Å². The molecular formula is C12H16BrNOS. The highest BCUT2D eigenvalue weighted by molar-refractivity contribution is 9.10. The van der Waals surface area contributed by atoms with Crippen LogP contribution in [0.1, 0.15) is 31.1 Å². The van der Waals surface area contributed by atoms with Crippen molar-refractivity contribution in [3.8, 4) is 0 Å². The molecular weight excluding hydrogens is 286 g/mol. The van der Waals surface area contributed by atoms with E-state index in [1.807, 2.05) is 6.07 Å². The molecule has 1 N–H and O–H groups in total. The first-order valence-electron chi connectivity index (χ1n) is 5.06. The molecule has 4 heteroatoms. The zero-order valence-corrected chi connectivity index (χ0v) is 12.2. The van der Waals surface area contributed by atoms with Gasteiger partial charge in [0.1, 0.15) is 0 Å². The predicted octanol–water partition coefficient (Wildman–Crippen LogP) is 3.51. The van der Waals surface area contributed by atoms with Gasteiger partial charge in [0.25, 0.3) is 5.91 Å². The van der Waals surface area contributed by atoms with E-state index in [4.69, 9.17) is 0 Å². The Morgan fingerprint density at radius 1 is 1.44 bits per heavy atom. The highest BCUT2D eigenvalue weighted by Crippen LogP contribution is 2.21. The van der Waals surface area contributed by atoms with Crippen LogP contribution < -0.4 is 5.32 Å². The summed E-state index contributed by atoms with van der Waals surface area (Å²) in [6.07, 6.45) is 0. The van der Waals surface area contributed by atoms with Crippen LogP contribution in [0.25, 0.3) is 0 Å². The van der Waals surface area contributed by atoms with Gasteiger partial charge < -0.3 is 5.32 Å². The van der Waals surface area contributed by atoms with E-state index < -0.39 is 0 Å². The molecule has 0 spiro atoms. The van der Waals surface area contributed by atoms with Crippen LogP contribution in [-0.2, 0) is 0 Å². The summed E-state index contributed by atoms with van der Waals surface area (Å²) in [6, 6.07) is 5.36. The van der Waals surface area contributed by atoms with Crippen LogP contribution in [0.5, 0.6) is 0 Å². The van der Waals surface area contributed by atoms with Crippen LogP contribution in [0.2, 0.25) is 0 Å². The molecule has 0 fully saturated rings. The minimum absolute atomic E-state index is 0.0577. The van der Waals surface area contributed by atoms with Crippen molar-refractivity contribution in [3.05, 3.63) is 28.2 Å². The zero-order chi connectivity index (χ0) is 12.3. The Morgan fingerprint density at radius 2 is 2.06 bits per heavy atom. The Hall–Kier alpha value is -0.480. The average molecular weight is 302 g/mol. The molecule has 88 valence electrons. The Labute approximate surface area is 110 Å². The number of rotatable bonds is 2. The largest absolute Gasteiger partial charge is 0.352 e. The number of nitrogens with one attached hydrogen (secondary N) is 1. The quantitative estimate of drug-likeness (QED) is 0.804. The van der Waals surface area contributed by atoms with Gasteiger partial charge in [0.2, 0.25) is 0 Å². The minimum atomic E-state index is -0.0577. The van der Waals surface area contributed by atoms with Crippen molar-refractivity contribution >= 4 is 34.5 Å². The molecule has 0 aromatic heterocycles. The Morgan fingerprint density at radius 3 is 2.56 bits per heavy atom. The predicted molar refractivity (Wildman–Crippen MR) is 73.2 cm³/mol. The minimum Gasteiger partial charge on any atom is -0.352 e. The SMILES string of the molecule is CC(C)(C)CNC(=O)c1ccc(Br)c(S)c1. The van der Waals surface area contributed by atoms with Crippen LogP contribution in [0.3, 0.4) is 0 Å². The van der Waals surface area contributed by atoms with E-state index >= 15 is 0 Å². The van der Waals surface area contributed by atoms with Crippen molar-refractivity contribution < 1.29 is 4.79 Å². The van der Waals surface area contributed by atoms with Gasteiger partial charge in [-0.3, -0.25) is 4.79 Å². The Bertz CT molecular complexity index is 398. The highest BCUT2D eigenvalue weighted by atomic mass is 79.9. The summed E-state index contributed by atoms with van der Waals surface area (Å²) >= 11 is 7.60. The van der Waals surface area contributed by atoms with E-state index in [1.165, 1.54) is 0 Å². The third-order valence-corrected chi connectivity index (χ3v) is 3.36. The number of benzene rings is 1. The van der Waals surface area contributed by atoms with Crippen LogP contribution >= 0.6 is 28.6 Å². The number of amides is 1. The maximum absolute atomic E-state index is 11.8. The molecule has 0 saturated carbocycles. The summed E-state index contributed by atoms with van der Waals surface area (Å²) in [5.41, 5.74) is 0.729. The average Bonchev–Trinajstić information content (AvgIpc) is 2.17. The van der Waals surface area contributed by atoms with Crippen molar-refractivity contribution in [3.63, 3.8) is 0 Å². The number of hydrogen-bond acceptors (Lipinski definition) is 2. The molecule has 1 aromatic carbocycles. The molecule has 16 heavy (non-hydrogen) atoms. The number of carbonyl (C=O) groups is 1. The smallest absolute Gasteiger partial charge is 0.251 e. The molecule has 0 aliphatic rings. The second kappa shape index (κ2) is 5.23. The van der Waals surface area contributed by atoms with Crippen LogP contribution in [0.4, 0.5) is 0 Å². The standard InChI is InChI=1S/C12H16BrNOS/c1-12(2,3)7-14-11(15)8-4-5-9(13)10(16)6-8/h4-6,16H,7H2,1-3H3,(H,14,15). The number of carbonyl (C=O) groups excluding carboxylic acids is 1. The third kappa shape index (κ3) is 4.18. The number of hydrogen-bond donors (Lipinski definition) is 2. The summed E-state index contributed by atoms with van der Waals surface area (Å²) in [4.78, 5) is 12.6. The molecule has 0 radical (unpaired) electrons. The maximum Gasteiger partial charge on any atom is 0.251 e. The Balaban J connectivity index is 2.70. The first-order chi connectivity index (χ1) is 7.29. The lowest BCUT2D eigenvalue weighted by Crippen LogP contribution is -2.32. The van der Waals surface area contributed by atoms with Crippen molar-refractivity contribution in [1.82, 2.24) is 5.32 Å². The van der Waals surface area contributed by atoms with Crippen molar-refractivity contribution in [2.24, 2.45) is 5.41 Å². The van der Waals surface area contributed by atoms with Gasteiger partial charge in [-0.05, 0) is 39.5 Å². The van der Waals surface area contributed by atoms with Crippen molar-refractivity contribution in [2.75, 3.05) is 6.54 Å². The maximum atomic E-state index is 11.8. The monoisotopic (exact) mass is 301 g/mol. The van der Waals surface area contributed by atoms with Crippen molar-refractivity contribution in [1.29, 1.82) is 0 Å². The molecule has 2 nitrogen and oxygen atoms in total. The molecule has 0 aliphatic heterocycles. The van der Waals surface area contributed by atoms with Gasteiger partial charge in [-0.2, -0.15) is 0 Å². The molecule has 1 rings (SSSR count). The molecule has 0 heterocycles. The van der Waals surface area contributed by atoms with Gasteiger partial charge in [-0.15, -0.1) is 12.6 Å². The normalized spacial score (nSPS) is 11.3.